The third-order valence-electron chi connectivity index (χ3n) is 2.56. The van der Waals surface area contributed by atoms with Crippen LogP contribution >= 0.6 is 11.3 Å². The summed E-state index contributed by atoms with van der Waals surface area (Å²) < 4.78 is 26.4. The molecule has 0 radical (unpaired) electrons. The first-order valence-electron chi connectivity index (χ1n) is 5.68. The van der Waals surface area contributed by atoms with Crippen molar-refractivity contribution in [2.45, 2.75) is 12.8 Å². The molecule has 2 aromatic heterocycles. The summed E-state index contributed by atoms with van der Waals surface area (Å²) in [5.41, 5.74) is 0.536. The minimum atomic E-state index is -2.61. The number of rotatable bonds is 6. The first-order chi connectivity index (χ1) is 9.10. The number of aliphatic hydroxyl groups excluding tert-OH is 1. The Balaban J connectivity index is 2.03. The highest BCUT2D eigenvalue weighted by molar-refractivity contribution is 7.15. The molecule has 1 N–H and O–H groups in total. The van der Waals surface area contributed by atoms with Crippen LogP contribution in [0.3, 0.4) is 0 Å². The van der Waals surface area contributed by atoms with Gasteiger partial charge in [-0.25, -0.2) is 13.8 Å². The van der Waals surface area contributed by atoms with E-state index in [1.54, 1.807) is 10.6 Å². The van der Waals surface area contributed by atoms with E-state index in [1.165, 1.54) is 11.3 Å². The molecule has 0 saturated heterocycles. The summed E-state index contributed by atoms with van der Waals surface area (Å²) in [6.07, 6.45) is 0.858. The van der Waals surface area contributed by atoms with Gasteiger partial charge in [-0.1, -0.05) is 0 Å². The monoisotopic (exact) mass is 289 g/mol. The number of carbonyl (C=O) groups excluding carboxylic acids is 1. The molecule has 0 unspecified atom stereocenters. The molecule has 2 aromatic rings. The van der Waals surface area contributed by atoms with Crippen LogP contribution < -0.4 is 0 Å². The van der Waals surface area contributed by atoms with E-state index in [-0.39, 0.29) is 19.6 Å². The van der Waals surface area contributed by atoms with Gasteiger partial charge in [-0.2, -0.15) is 0 Å². The van der Waals surface area contributed by atoms with Crippen molar-refractivity contribution in [3.05, 3.63) is 23.5 Å². The van der Waals surface area contributed by atoms with Crippen molar-refractivity contribution >= 4 is 22.2 Å². The molecule has 8 heteroatoms. The molecule has 0 fully saturated rings. The lowest BCUT2D eigenvalue weighted by molar-refractivity contribution is -0.133. The lowest BCUT2D eigenvalue weighted by Gasteiger charge is -2.20. The standard InChI is InChI=1S/C11H13F2N3O2S/c12-9(13)7-15(1-3-17)10(18)5-8-6-16-2-4-19-11(16)14-8/h2,4,6,9,17H,1,3,5,7H2. The van der Waals surface area contributed by atoms with Crippen molar-refractivity contribution < 1.29 is 18.7 Å². The summed E-state index contributed by atoms with van der Waals surface area (Å²) >= 11 is 1.43. The number of aromatic nitrogens is 2. The molecule has 0 saturated carbocycles. The van der Waals surface area contributed by atoms with Crippen LogP contribution in [-0.2, 0) is 11.2 Å². The largest absolute Gasteiger partial charge is 0.395 e. The normalized spacial score (nSPS) is 11.4. The number of amides is 1. The smallest absolute Gasteiger partial charge is 0.255 e. The Morgan fingerprint density at radius 3 is 3.00 bits per heavy atom. The van der Waals surface area contributed by atoms with E-state index >= 15 is 0 Å². The van der Waals surface area contributed by atoms with Crippen LogP contribution in [0.1, 0.15) is 5.69 Å². The molecule has 2 heterocycles. The van der Waals surface area contributed by atoms with Gasteiger partial charge in [0.25, 0.3) is 6.43 Å². The Kier molecular flexibility index (Phi) is 4.43. The topological polar surface area (TPSA) is 57.8 Å². The highest BCUT2D eigenvalue weighted by Gasteiger charge is 2.19. The zero-order valence-electron chi connectivity index (χ0n) is 10.00. The third kappa shape index (κ3) is 3.48. The number of thiazole rings is 1. The Hall–Kier alpha value is -1.54. The first kappa shape index (κ1) is 13.9. The van der Waals surface area contributed by atoms with E-state index in [2.05, 4.69) is 4.98 Å². The van der Waals surface area contributed by atoms with Crippen LogP contribution in [0, 0.1) is 0 Å². The Labute approximate surface area is 112 Å². The number of carbonyl (C=O) groups is 1. The van der Waals surface area contributed by atoms with Gasteiger partial charge in [-0.15, -0.1) is 11.3 Å². The zero-order chi connectivity index (χ0) is 13.8. The molecule has 0 spiro atoms. The number of hydrogen-bond acceptors (Lipinski definition) is 4. The predicted molar refractivity (Wildman–Crippen MR) is 66.4 cm³/mol. The van der Waals surface area contributed by atoms with Crippen LogP contribution in [0.15, 0.2) is 17.8 Å². The molecule has 104 valence electrons. The van der Waals surface area contributed by atoms with Gasteiger partial charge in [-0.05, 0) is 0 Å². The van der Waals surface area contributed by atoms with E-state index in [1.807, 2.05) is 11.6 Å². The first-order valence-corrected chi connectivity index (χ1v) is 6.56. The van der Waals surface area contributed by atoms with E-state index < -0.39 is 18.9 Å². The van der Waals surface area contributed by atoms with Gasteiger partial charge < -0.3 is 10.0 Å². The third-order valence-corrected chi connectivity index (χ3v) is 3.33. The predicted octanol–water partition coefficient (Wildman–Crippen LogP) is 1.02. The highest BCUT2D eigenvalue weighted by atomic mass is 32.1. The summed E-state index contributed by atoms with van der Waals surface area (Å²) in [6, 6.07) is 0. The van der Waals surface area contributed by atoms with E-state index in [9.17, 15) is 13.6 Å². The zero-order valence-corrected chi connectivity index (χ0v) is 10.8. The number of fused-ring (bicyclic) bond motifs is 1. The fraction of sp³-hybridized carbons (Fsp3) is 0.455. The molecular formula is C11H13F2N3O2S. The second-order valence-corrected chi connectivity index (χ2v) is 4.83. The van der Waals surface area contributed by atoms with Crippen molar-refractivity contribution in [3.63, 3.8) is 0 Å². The average Bonchev–Trinajstić information content (AvgIpc) is 2.88. The second kappa shape index (κ2) is 6.07. The molecule has 2 rings (SSSR count). The van der Waals surface area contributed by atoms with Gasteiger partial charge in [0.05, 0.1) is 25.3 Å². The van der Waals surface area contributed by atoms with Gasteiger partial charge in [0.1, 0.15) is 0 Å². The summed E-state index contributed by atoms with van der Waals surface area (Å²) in [4.78, 5) is 17.8. The Morgan fingerprint density at radius 2 is 2.37 bits per heavy atom. The minimum Gasteiger partial charge on any atom is -0.395 e. The summed E-state index contributed by atoms with van der Waals surface area (Å²) in [5, 5.41) is 10.7. The molecule has 5 nitrogen and oxygen atoms in total. The van der Waals surface area contributed by atoms with Crippen LogP contribution in [0.2, 0.25) is 0 Å². The maximum Gasteiger partial charge on any atom is 0.255 e. The van der Waals surface area contributed by atoms with Crippen molar-refractivity contribution in [3.8, 4) is 0 Å². The minimum absolute atomic E-state index is 0.0406. The highest BCUT2D eigenvalue weighted by Crippen LogP contribution is 2.12. The summed E-state index contributed by atoms with van der Waals surface area (Å²) in [6.45, 7) is -1.09. The van der Waals surface area contributed by atoms with Gasteiger partial charge in [0.15, 0.2) is 4.96 Å². The van der Waals surface area contributed by atoms with Crippen molar-refractivity contribution in [2.24, 2.45) is 0 Å². The maximum atomic E-state index is 12.3. The number of imidazole rings is 1. The van der Waals surface area contributed by atoms with Crippen LogP contribution in [0.4, 0.5) is 8.78 Å². The number of hydrogen-bond donors (Lipinski definition) is 1. The van der Waals surface area contributed by atoms with Crippen molar-refractivity contribution in [1.82, 2.24) is 14.3 Å². The Morgan fingerprint density at radius 1 is 1.58 bits per heavy atom. The maximum absolute atomic E-state index is 12.3. The SMILES string of the molecule is O=C(Cc1cn2ccsc2n1)N(CCO)CC(F)F. The number of nitrogens with zero attached hydrogens (tertiary/aromatic N) is 3. The summed E-state index contributed by atoms with van der Waals surface area (Å²) in [7, 11) is 0. The average molecular weight is 289 g/mol. The quantitative estimate of drug-likeness (QED) is 0.864. The molecule has 0 aliphatic carbocycles. The molecule has 1 amide bonds. The molecular weight excluding hydrogens is 276 g/mol. The molecule has 0 aromatic carbocycles. The second-order valence-electron chi connectivity index (χ2n) is 3.96. The fourth-order valence-electron chi connectivity index (χ4n) is 1.73. The lowest BCUT2D eigenvalue weighted by Crippen LogP contribution is -2.38. The van der Waals surface area contributed by atoms with Crippen LogP contribution in [-0.4, -0.2) is 51.4 Å². The van der Waals surface area contributed by atoms with Crippen LogP contribution in [0.5, 0.6) is 0 Å². The van der Waals surface area contributed by atoms with E-state index in [0.29, 0.717) is 5.69 Å². The summed E-state index contributed by atoms with van der Waals surface area (Å²) in [5.74, 6) is -0.458. The van der Waals surface area contributed by atoms with Gasteiger partial charge in [0, 0.05) is 24.3 Å². The van der Waals surface area contributed by atoms with Crippen molar-refractivity contribution in [1.29, 1.82) is 0 Å². The van der Waals surface area contributed by atoms with Gasteiger partial charge in [0.2, 0.25) is 5.91 Å². The van der Waals surface area contributed by atoms with Gasteiger partial charge in [-0.3, -0.25) is 9.20 Å². The Bertz CT molecular complexity index is 526. The van der Waals surface area contributed by atoms with Gasteiger partial charge >= 0.3 is 0 Å². The number of aliphatic hydroxyl groups is 1. The fourth-order valence-corrected chi connectivity index (χ4v) is 2.45. The van der Waals surface area contributed by atoms with E-state index in [0.717, 1.165) is 9.86 Å². The number of halogens is 2. The molecule has 0 aliphatic rings. The van der Waals surface area contributed by atoms with Crippen molar-refractivity contribution in [2.75, 3.05) is 19.7 Å². The number of alkyl halides is 2. The molecule has 0 aliphatic heterocycles. The molecule has 19 heavy (non-hydrogen) atoms. The lowest BCUT2D eigenvalue weighted by atomic mass is 10.3. The van der Waals surface area contributed by atoms with Crippen LogP contribution in [0.25, 0.3) is 4.96 Å². The molecule has 0 atom stereocenters. The van der Waals surface area contributed by atoms with E-state index in [4.69, 9.17) is 5.11 Å². The molecule has 0 bridgehead atoms.